The quantitative estimate of drug-likeness (QED) is 0.874. The number of nitrogens with zero attached hydrogens (tertiary/aromatic N) is 1. The Labute approximate surface area is 136 Å². The standard InChI is InChI=1S/C17H27N3OS/c18-13-16(6-2-1-3-7-16)12-14(21)20-17(8-4-5-9-17)15-19-10-11-22-15/h10-11H,1-9,12-13,18H2,(H,20,21). The van der Waals surface area contributed by atoms with E-state index in [-0.39, 0.29) is 16.9 Å². The van der Waals surface area contributed by atoms with E-state index in [9.17, 15) is 4.79 Å². The summed E-state index contributed by atoms with van der Waals surface area (Å²) in [5.74, 6) is 0.171. The van der Waals surface area contributed by atoms with E-state index in [0.29, 0.717) is 13.0 Å². The van der Waals surface area contributed by atoms with Crippen LogP contribution in [-0.4, -0.2) is 17.4 Å². The van der Waals surface area contributed by atoms with Crippen LogP contribution >= 0.6 is 11.3 Å². The van der Waals surface area contributed by atoms with Gasteiger partial charge in [-0.1, -0.05) is 32.1 Å². The molecule has 5 heteroatoms. The fraction of sp³-hybridized carbons (Fsp3) is 0.765. The van der Waals surface area contributed by atoms with Gasteiger partial charge in [0.1, 0.15) is 5.01 Å². The van der Waals surface area contributed by atoms with E-state index in [2.05, 4.69) is 10.3 Å². The van der Waals surface area contributed by atoms with Crippen molar-refractivity contribution in [1.29, 1.82) is 0 Å². The number of nitrogens with two attached hydrogens (primary N) is 1. The molecule has 1 heterocycles. The Morgan fingerprint density at radius 1 is 1.18 bits per heavy atom. The molecule has 22 heavy (non-hydrogen) atoms. The molecule has 3 rings (SSSR count). The Kier molecular flexibility index (Phi) is 4.83. The Balaban J connectivity index is 1.69. The first-order valence-electron chi connectivity index (χ1n) is 8.59. The highest BCUT2D eigenvalue weighted by Crippen LogP contribution is 2.42. The summed E-state index contributed by atoms with van der Waals surface area (Å²) < 4.78 is 0. The average molecular weight is 321 g/mol. The van der Waals surface area contributed by atoms with Crippen molar-refractivity contribution in [3.63, 3.8) is 0 Å². The molecule has 1 aromatic rings. The molecule has 0 atom stereocenters. The summed E-state index contributed by atoms with van der Waals surface area (Å²) in [5, 5.41) is 6.43. The van der Waals surface area contributed by atoms with Gasteiger partial charge < -0.3 is 11.1 Å². The van der Waals surface area contributed by atoms with E-state index >= 15 is 0 Å². The monoisotopic (exact) mass is 321 g/mol. The van der Waals surface area contributed by atoms with E-state index in [4.69, 9.17) is 5.73 Å². The van der Waals surface area contributed by atoms with Gasteiger partial charge in [-0.3, -0.25) is 4.79 Å². The third-order valence-electron chi connectivity index (χ3n) is 5.56. The fourth-order valence-electron chi connectivity index (χ4n) is 4.24. The minimum Gasteiger partial charge on any atom is -0.344 e. The lowest BCUT2D eigenvalue weighted by Crippen LogP contribution is -2.47. The highest BCUT2D eigenvalue weighted by Gasteiger charge is 2.41. The Bertz CT molecular complexity index is 488. The SMILES string of the molecule is NCC1(CC(=O)NC2(c3nccs3)CCCC2)CCCCC1. The van der Waals surface area contributed by atoms with Crippen molar-refractivity contribution in [1.82, 2.24) is 10.3 Å². The zero-order valence-corrected chi connectivity index (χ0v) is 14.1. The number of hydrogen-bond donors (Lipinski definition) is 2. The highest BCUT2D eigenvalue weighted by molar-refractivity contribution is 7.09. The number of carbonyl (C=O) groups excluding carboxylic acids is 1. The molecule has 0 saturated heterocycles. The first kappa shape index (κ1) is 15.9. The van der Waals surface area contributed by atoms with Gasteiger partial charge in [0.05, 0.1) is 5.54 Å². The summed E-state index contributed by atoms with van der Waals surface area (Å²) >= 11 is 1.66. The summed E-state index contributed by atoms with van der Waals surface area (Å²) in [7, 11) is 0. The number of carbonyl (C=O) groups is 1. The van der Waals surface area contributed by atoms with Gasteiger partial charge in [-0.05, 0) is 37.6 Å². The molecule has 0 spiro atoms. The fourth-order valence-corrected chi connectivity index (χ4v) is 5.09. The molecule has 4 nitrogen and oxygen atoms in total. The molecule has 2 saturated carbocycles. The van der Waals surface area contributed by atoms with Crippen molar-refractivity contribution < 1.29 is 4.79 Å². The Morgan fingerprint density at radius 3 is 2.45 bits per heavy atom. The Hall–Kier alpha value is -0.940. The number of thiazole rings is 1. The van der Waals surface area contributed by atoms with Gasteiger partial charge >= 0.3 is 0 Å². The van der Waals surface area contributed by atoms with Crippen molar-refractivity contribution in [3.8, 4) is 0 Å². The molecule has 1 aromatic heterocycles. The maximum atomic E-state index is 12.7. The summed E-state index contributed by atoms with van der Waals surface area (Å²) in [6, 6.07) is 0. The number of hydrogen-bond acceptors (Lipinski definition) is 4. The second kappa shape index (κ2) is 6.67. The molecule has 122 valence electrons. The second-order valence-electron chi connectivity index (χ2n) is 7.12. The lowest BCUT2D eigenvalue weighted by Gasteiger charge is -2.37. The molecule has 3 N–H and O–H groups in total. The molecule has 0 bridgehead atoms. The normalized spacial score (nSPS) is 23.3. The van der Waals surface area contributed by atoms with Crippen LogP contribution in [0.25, 0.3) is 0 Å². The molecule has 0 aromatic carbocycles. The number of nitrogens with one attached hydrogen (secondary N) is 1. The number of aromatic nitrogens is 1. The molecule has 0 aliphatic heterocycles. The highest BCUT2D eigenvalue weighted by atomic mass is 32.1. The van der Waals surface area contributed by atoms with Crippen molar-refractivity contribution in [2.45, 2.75) is 69.7 Å². The summed E-state index contributed by atoms with van der Waals surface area (Å²) in [6.07, 6.45) is 12.7. The number of amides is 1. The minimum atomic E-state index is -0.213. The summed E-state index contributed by atoms with van der Waals surface area (Å²) in [4.78, 5) is 17.2. The largest absolute Gasteiger partial charge is 0.344 e. The van der Waals surface area contributed by atoms with Gasteiger partial charge in [0, 0.05) is 18.0 Å². The maximum Gasteiger partial charge on any atom is 0.221 e. The van der Waals surface area contributed by atoms with Crippen molar-refractivity contribution in [2.75, 3.05) is 6.54 Å². The van der Waals surface area contributed by atoms with Crippen LogP contribution in [0.15, 0.2) is 11.6 Å². The molecular weight excluding hydrogens is 294 g/mol. The predicted octanol–water partition coefficient (Wildman–Crippen LogP) is 3.33. The topological polar surface area (TPSA) is 68.0 Å². The van der Waals surface area contributed by atoms with Crippen LogP contribution in [0.1, 0.15) is 69.2 Å². The van der Waals surface area contributed by atoms with E-state index in [1.807, 2.05) is 11.6 Å². The minimum absolute atomic E-state index is 0.0327. The van der Waals surface area contributed by atoms with Gasteiger partial charge in [0.15, 0.2) is 0 Å². The van der Waals surface area contributed by atoms with Crippen LogP contribution in [0.2, 0.25) is 0 Å². The zero-order chi connectivity index (χ0) is 15.5. The first-order chi connectivity index (χ1) is 10.7. The molecule has 0 radical (unpaired) electrons. The summed E-state index contributed by atoms with van der Waals surface area (Å²) in [5.41, 5.74) is 5.85. The van der Waals surface area contributed by atoms with Crippen LogP contribution in [0, 0.1) is 5.41 Å². The van der Waals surface area contributed by atoms with Gasteiger partial charge in [0.2, 0.25) is 5.91 Å². The molecule has 0 unspecified atom stereocenters. The van der Waals surface area contributed by atoms with Crippen LogP contribution in [0.3, 0.4) is 0 Å². The average Bonchev–Trinajstić information content (AvgIpc) is 3.19. The lowest BCUT2D eigenvalue weighted by molar-refractivity contribution is -0.126. The third-order valence-corrected chi connectivity index (χ3v) is 6.54. The molecule has 1 amide bonds. The Morgan fingerprint density at radius 2 is 1.86 bits per heavy atom. The van der Waals surface area contributed by atoms with Gasteiger partial charge in [0.25, 0.3) is 0 Å². The van der Waals surface area contributed by atoms with E-state index < -0.39 is 0 Å². The third kappa shape index (κ3) is 3.20. The van der Waals surface area contributed by atoms with E-state index in [1.165, 1.54) is 32.1 Å². The van der Waals surface area contributed by atoms with Crippen molar-refractivity contribution in [2.24, 2.45) is 11.1 Å². The van der Waals surface area contributed by atoms with Crippen molar-refractivity contribution in [3.05, 3.63) is 16.6 Å². The molecule has 2 aliphatic rings. The molecule has 2 aliphatic carbocycles. The van der Waals surface area contributed by atoms with E-state index in [0.717, 1.165) is 30.7 Å². The van der Waals surface area contributed by atoms with Gasteiger partial charge in [-0.2, -0.15) is 0 Å². The van der Waals surface area contributed by atoms with E-state index in [1.54, 1.807) is 11.3 Å². The smallest absolute Gasteiger partial charge is 0.221 e. The van der Waals surface area contributed by atoms with Crippen LogP contribution < -0.4 is 11.1 Å². The molecule has 2 fully saturated rings. The zero-order valence-electron chi connectivity index (χ0n) is 13.3. The molecular formula is C17H27N3OS. The second-order valence-corrected chi connectivity index (χ2v) is 8.01. The van der Waals surface area contributed by atoms with Gasteiger partial charge in [-0.15, -0.1) is 11.3 Å². The van der Waals surface area contributed by atoms with Gasteiger partial charge in [-0.25, -0.2) is 4.98 Å². The summed E-state index contributed by atoms with van der Waals surface area (Å²) in [6.45, 7) is 0.630. The lowest BCUT2D eigenvalue weighted by atomic mass is 9.71. The number of rotatable bonds is 5. The van der Waals surface area contributed by atoms with Crippen LogP contribution in [0.4, 0.5) is 0 Å². The van der Waals surface area contributed by atoms with Crippen LogP contribution in [-0.2, 0) is 10.3 Å². The van der Waals surface area contributed by atoms with Crippen molar-refractivity contribution >= 4 is 17.2 Å². The predicted molar refractivity (Wildman–Crippen MR) is 89.6 cm³/mol. The maximum absolute atomic E-state index is 12.7. The van der Waals surface area contributed by atoms with Crippen LogP contribution in [0.5, 0.6) is 0 Å². The first-order valence-corrected chi connectivity index (χ1v) is 9.47.